The van der Waals surface area contributed by atoms with Crippen molar-refractivity contribution in [3.05, 3.63) is 0 Å². The lowest BCUT2D eigenvalue weighted by atomic mass is 10.0. The van der Waals surface area contributed by atoms with Crippen LogP contribution in [0, 0.1) is 0 Å². The van der Waals surface area contributed by atoms with E-state index in [4.69, 9.17) is 5.11 Å². The van der Waals surface area contributed by atoms with Crippen molar-refractivity contribution in [3.63, 3.8) is 0 Å². The highest BCUT2D eigenvalue weighted by Gasteiger charge is 2.30. The summed E-state index contributed by atoms with van der Waals surface area (Å²) in [5.41, 5.74) is 0. The number of carbonyl (C=O) groups is 2. The molecule has 0 saturated carbocycles. The molecule has 0 bridgehead atoms. The molecular formula is C13H25N3O3. The van der Waals surface area contributed by atoms with Crippen molar-refractivity contribution >= 4 is 12.0 Å². The van der Waals surface area contributed by atoms with Gasteiger partial charge in [-0.3, -0.25) is 0 Å². The van der Waals surface area contributed by atoms with Gasteiger partial charge in [0.15, 0.2) is 0 Å². The van der Waals surface area contributed by atoms with Crippen LogP contribution in [0.25, 0.3) is 0 Å². The zero-order valence-electron chi connectivity index (χ0n) is 12.3. The SMILES string of the molecule is CCC(C(=O)O)N(C)C(=O)N(C)C1CCN(C)CC1. The Morgan fingerprint density at radius 3 is 2.26 bits per heavy atom. The topological polar surface area (TPSA) is 64.1 Å². The molecule has 6 nitrogen and oxygen atoms in total. The predicted molar refractivity (Wildman–Crippen MR) is 73.2 cm³/mol. The fraction of sp³-hybridized carbons (Fsp3) is 0.846. The van der Waals surface area contributed by atoms with Crippen LogP contribution in [0.2, 0.25) is 0 Å². The first-order valence-corrected chi connectivity index (χ1v) is 6.79. The van der Waals surface area contributed by atoms with Crippen LogP contribution < -0.4 is 0 Å². The summed E-state index contributed by atoms with van der Waals surface area (Å²) in [7, 11) is 5.40. The number of rotatable bonds is 4. The van der Waals surface area contributed by atoms with Crippen LogP contribution in [0.5, 0.6) is 0 Å². The number of piperidine rings is 1. The monoisotopic (exact) mass is 271 g/mol. The summed E-state index contributed by atoms with van der Waals surface area (Å²) in [6.45, 7) is 3.72. The third kappa shape index (κ3) is 3.83. The molecule has 1 rings (SSSR count). The van der Waals surface area contributed by atoms with Crippen LogP contribution in [0.3, 0.4) is 0 Å². The van der Waals surface area contributed by atoms with Crippen LogP contribution in [0.1, 0.15) is 26.2 Å². The number of carbonyl (C=O) groups excluding carboxylic acids is 1. The number of amides is 2. The quantitative estimate of drug-likeness (QED) is 0.826. The molecule has 6 heteroatoms. The average Bonchev–Trinajstić information content (AvgIpc) is 2.38. The molecule has 1 N–H and O–H groups in total. The number of carboxylic acid groups (broad SMARTS) is 1. The fourth-order valence-electron chi connectivity index (χ4n) is 2.53. The van der Waals surface area contributed by atoms with Gasteiger partial charge in [0.2, 0.25) is 0 Å². The second-order valence-electron chi connectivity index (χ2n) is 5.30. The number of hydrogen-bond acceptors (Lipinski definition) is 3. The summed E-state index contributed by atoms with van der Waals surface area (Å²) in [5, 5.41) is 9.10. The van der Waals surface area contributed by atoms with Gasteiger partial charge in [-0.25, -0.2) is 9.59 Å². The first-order chi connectivity index (χ1) is 8.88. The molecule has 1 heterocycles. The Labute approximate surface area is 115 Å². The third-order valence-electron chi connectivity index (χ3n) is 3.98. The molecule has 0 radical (unpaired) electrons. The van der Waals surface area contributed by atoms with E-state index in [-0.39, 0.29) is 12.1 Å². The molecule has 0 aromatic heterocycles. The molecule has 1 atom stereocenters. The van der Waals surface area contributed by atoms with E-state index in [1.54, 1.807) is 25.9 Å². The van der Waals surface area contributed by atoms with E-state index in [0.717, 1.165) is 25.9 Å². The summed E-state index contributed by atoms with van der Waals surface area (Å²) in [6, 6.07) is -0.748. The molecule has 0 aromatic carbocycles. The van der Waals surface area contributed by atoms with E-state index >= 15 is 0 Å². The highest BCUT2D eigenvalue weighted by molar-refractivity contribution is 5.82. The van der Waals surface area contributed by atoms with E-state index in [9.17, 15) is 9.59 Å². The lowest BCUT2D eigenvalue weighted by Crippen LogP contribution is -2.52. The van der Waals surface area contributed by atoms with E-state index in [1.807, 2.05) is 0 Å². The number of aliphatic carboxylic acids is 1. The van der Waals surface area contributed by atoms with Crippen LogP contribution >= 0.6 is 0 Å². The number of urea groups is 1. The maximum Gasteiger partial charge on any atom is 0.326 e. The summed E-state index contributed by atoms with van der Waals surface area (Å²) in [4.78, 5) is 28.7. The van der Waals surface area contributed by atoms with E-state index in [1.165, 1.54) is 4.90 Å². The Bertz CT molecular complexity index is 327. The Balaban J connectivity index is 2.63. The summed E-state index contributed by atoms with van der Waals surface area (Å²) in [6.07, 6.45) is 2.30. The van der Waals surface area contributed by atoms with E-state index in [2.05, 4.69) is 11.9 Å². The second kappa shape index (κ2) is 6.75. The molecule has 0 aliphatic carbocycles. The number of likely N-dealkylation sites (tertiary alicyclic amines) is 1. The maximum absolute atomic E-state index is 12.3. The molecule has 1 saturated heterocycles. The first kappa shape index (κ1) is 15.8. The van der Waals surface area contributed by atoms with Gasteiger partial charge < -0.3 is 19.8 Å². The molecule has 0 aromatic rings. The zero-order chi connectivity index (χ0) is 14.6. The molecule has 110 valence electrons. The smallest absolute Gasteiger partial charge is 0.326 e. The predicted octanol–water partition coefficient (Wildman–Crippen LogP) is 0.927. The van der Waals surface area contributed by atoms with Crippen molar-refractivity contribution in [2.75, 3.05) is 34.2 Å². The van der Waals surface area contributed by atoms with E-state index in [0.29, 0.717) is 6.42 Å². The Morgan fingerprint density at radius 1 is 1.32 bits per heavy atom. The van der Waals surface area contributed by atoms with Gasteiger partial charge in [0.1, 0.15) is 6.04 Å². The summed E-state index contributed by atoms with van der Waals surface area (Å²) in [5.74, 6) is -0.949. The van der Waals surface area contributed by atoms with Gasteiger partial charge in [0, 0.05) is 20.1 Å². The minimum atomic E-state index is -0.949. The van der Waals surface area contributed by atoms with Gasteiger partial charge in [-0.05, 0) is 39.4 Å². The number of carboxylic acids is 1. The largest absolute Gasteiger partial charge is 0.480 e. The van der Waals surface area contributed by atoms with Crippen LogP contribution in [-0.2, 0) is 4.79 Å². The minimum Gasteiger partial charge on any atom is -0.480 e. The van der Waals surface area contributed by atoms with Crippen LogP contribution in [0.4, 0.5) is 4.79 Å². The molecule has 0 spiro atoms. The Kier molecular flexibility index (Phi) is 5.60. The zero-order valence-corrected chi connectivity index (χ0v) is 12.3. The fourth-order valence-corrected chi connectivity index (χ4v) is 2.53. The van der Waals surface area contributed by atoms with Crippen molar-refractivity contribution in [1.29, 1.82) is 0 Å². The number of nitrogens with zero attached hydrogens (tertiary/aromatic N) is 3. The number of hydrogen-bond donors (Lipinski definition) is 1. The van der Waals surface area contributed by atoms with Gasteiger partial charge in [-0.15, -0.1) is 0 Å². The number of likely N-dealkylation sites (N-methyl/N-ethyl adjacent to an activating group) is 1. The second-order valence-corrected chi connectivity index (χ2v) is 5.30. The van der Waals surface area contributed by atoms with Crippen molar-refractivity contribution in [3.8, 4) is 0 Å². The molecule has 1 aliphatic rings. The minimum absolute atomic E-state index is 0.205. The van der Waals surface area contributed by atoms with Gasteiger partial charge in [0.25, 0.3) is 0 Å². The molecule has 1 aliphatic heterocycles. The van der Waals surface area contributed by atoms with Crippen LogP contribution in [0.15, 0.2) is 0 Å². The summed E-state index contributed by atoms with van der Waals surface area (Å²) < 4.78 is 0. The Hall–Kier alpha value is -1.30. The lowest BCUT2D eigenvalue weighted by Gasteiger charge is -2.37. The van der Waals surface area contributed by atoms with Gasteiger partial charge in [-0.1, -0.05) is 6.92 Å². The molecule has 19 heavy (non-hydrogen) atoms. The van der Waals surface area contributed by atoms with Crippen molar-refractivity contribution in [2.45, 2.75) is 38.3 Å². The lowest BCUT2D eigenvalue weighted by molar-refractivity contribution is -0.142. The van der Waals surface area contributed by atoms with Gasteiger partial charge in [0.05, 0.1) is 0 Å². The van der Waals surface area contributed by atoms with Crippen molar-refractivity contribution < 1.29 is 14.7 Å². The first-order valence-electron chi connectivity index (χ1n) is 6.79. The highest BCUT2D eigenvalue weighted by atomic mass is 16.4. The van der Waals surface area contributed by atoms with Crippen molar-refractivity contribution in [1.82, 2.24) is 14.7 Å². The van der Waals surface area contributed by atoms with Gasteiger partial charge >= 0.3 is 12.0 Å². The molecule has 2 amide bonds. The van der Waals surface area contributed by atoms with Gasteiger partial charge in [-0.2, -0.15) is 0 Å². The molecule has 1 unspecified atom stereocenters. The third-order valence-corrected chi connectivity index (χ3v) is 3.98. The molecular weight excluding hydrogens is 246 g/mol. The van der Waals surface area contributed by atoms with Crippen molar-refractivity contribution in [2.24, 2.45) is 0 Å². The Morgan fingerprint density at radius 2 is 1.84 bits per heavy atom. The maximum atomic E-state index is 12.3. The standard InChI is InChI=1S/C13H25N3O3/c1-5-11(12(17)18)16(4)13(19)15(3)10-6-8-14(2)9-7-10/h10-11H,5-9H2,1-4H3,(H,17,18). The normalized spacial score (nSPS) is 18.9. The average molecular weight is 271 g/mol. The summed E-state index contributed by atoms with van der Waals surface area (Å²) >= 11 is 0. The van der Waals surface area contributed by atoms with E-state index < -0.39 is 12.0 Å². The molecule has 1 fully saturated rings. The highest BCUT2D eigenvalue weighted by Crippen LogP contribution is 2.16. The van der Waals surface area contributed by atoms with Crippen LogP contribution in [-0.4, -0.2) is 78.1 Å².